The minimum atomic E-state index is 0.611. The van der Waals surface area contributed by atoms with Crippen LogP contribution in [-0.2, 0) is 12.8 Å². The topological polar surface area (TPSA) is 40.6 Å². The molecule has 0 aliphatic carbocycles. The molecule has 114 valence electrons. The Morgan fingerprint density at radius 3 is 2.19 bits per heavy atom. The molecule has 0 saturated heterocycles. The first-order chi connectivity index (χ1) is 10.2. The lowest BCUT2D eigenvalue weighted by Gasteiger charge is -2.16. The number of nitrogens with zero attached hydrogens (tertiary/aromatic N) is 1. The minimum absolute atomic E-state index is 0.611. The van der Waals surface area contributed by atoms with Gasteiger partial charge >= 0.3 is 0 Å². The van der Waals surface area contributed by atoms with Crippen molar-refractivity contribution in [2.75, 3.05) is 21.3 Å². The van der Waals surface area contributed by atoms with E-state index in [-0.39, 0.29) is 0 Å². The largest absolute Gasteiger partial charge is 0.493 e. The Morgan fingerprint density at radius 2 is 1.67 bits per heavy atom. The molecule has 2 rings (SSSR count). The van der Waals surface area contributed by atoms with E-state index >= 15 is 0 Å². The van der Waals surface area contributed by atoms with Gasteiger partial charge in [-0.1, -0.05) is 20.3 Å². The van der Waals surface area contributed by atoms with Crippen LogP contribution < -0.4 is 14.2 Å². The van der Waals surface area contributed by atoms with E-state index in [1.807, 2.05) is 6.07 Å². The first-order valence-electron chi connectivity index (χ1n) is 7.31. The van der Waals surface area contributed by atoms with Crippen molar-refractivity contribution in [1.29, 1.82) is 0 Å². The van der Waals surface area contributed by atoms with Gasteiger partial charge in [-0.15, -0.1) is 0 Å². The highest BCUT2D eigenvalue weighted by molar-refractivity contribution is 5.91. The molecule has 0 amide bonds. The molecule has 0 fully saturated rings. The van der Waals surface area contributed by atoms with Gasteiger partial charge in [0.1, 0.15) is 0 Å². The molecule has 21 heavy (non-hydrogen) atoms. The summed E-state index contributed by atoms with van der Waals surface area (Å²) < 4.78 is 16.4. The average molecular weight is 289 g/mol. The Labute approximate surface area is 126 Å². The van der Waals surface area contributed by atoms with Gasteiger partial charge in [0, 0.05) is 17.1 Å². The number of hydrogen-bond acceptors (Lipinski definition) is 4. The van der Waals surface area contributed by atoms with Gasteiger partial charge in [0.25, 0.3) is 0 Å². The van der Waals surface area contributed by atoms with E-state index in [2.05, 4.69) is 19.9 Å². The SMILES string of the molecule is CCCc1nc2cc(OC)c(OC)c(OC)c2cc1CC. The summed E-state index contributed by atoms with van der Waals surface area (Å²) in [5.41, 5.74) is 3.29. The van der Waals surface area contributed by atoms with Crippen molar-refractivity contribution in [2.24, 2.45) is 0 Å². The van der Waals surface area contributed by atoms with E-state index in [0.717, 1.165) is 35.9 Å². The highest BCUT2D eigenvalue weighted by Crippen LogP contribution is 2.43. The lowest BCUT2D eigenvalue weighted by atomic mass is 10.0. The third kappa shape index (κ3) is 2.75. The summed E-state index contributed by atoms with van der Waals surface area (Å²) in [4.78, 5) is 4.81. The van der Waals surface area contributed by atoms with E-state index in [9.17, 15) is 0 Å². The molecule has 2 aromatic rings. The standard InChI is InChI=1S/C17H23NO3/c1-6-8-13-11(7-2)9-12-14(18-13)10-15(19-3)17(21-5)16(12)20-4/h9-10H,6-8H2,1-5H3. The van der Waals surface area contributed by atoms with Crippen molar-refractivity contribution < 1.29 is 14.2 Å². The third-order valence-corrected chi connectivity index (χ3v) is 3.66. The summed E-state index contributed by atoms with van der Waals surface area (Å²) in [5, 5.41) is 0.965. The Morgan fingerprint density at radius 1 is 0.952 bits per heavy atom. The van der Waals surface area contributed by atoms with E-state index < -0.39 is 0 Å². The van der Waals surface area contributed by atoms with Gasteiger partial charge in [0.2, 0.25) is 5.75 Å². The maximum atomic E-state index is 5.55. The van der Waals surface area contributed by atoms with Gasteiger partial charge in [-0.25, -0.2) is 0 Å². The molecule has 0 atom stereocenters. The maximum Gasteiger partial charge on any atom is 0.204 e. The molecular formula is C17H23NO3. The lowest BCUT2D eigenvalue weighted by Crippen LogP contribution is -2.01. The molecule has 1 aromatic heterocycles. The van der Waals surface area contributed by atoms with Crippen LogP contribution in [-0.4, -0.2) is 26.3 Å². The summed E-state index contributed by atoms with van der Waals surface area (Å²) in [7, 11) is 4.88. The van der Waals surface area contributed by atoms with Gasteiger partial charge in [-0.05, 0) is 24.5 Å². The van der Waals surface area contributed by atoms with Gasteiger partial charge in [0.15, 0.2) is 11.5 Å². The summed E-state index contributed by atoms with van der Waals surface area (Å²) in [6, 6.07) is 4.07. The quantitative estimate of drug-likeness (QED) is 0.811. The fraction of sp³-hybridized carbons (Fsp3) is 0.471. The number of ether oxygens (including phenoxy) is 3. The third-order valence-electron chi connectivity index (χ3n) is 3.66. The normalized spacial score (nSPS) is 10.7. The van der Waals surface area contributed by atoms with Crippen LogP contribution in [0.5, 0.6) is 17.2 Å². The van der Waals surface area contributed by atoms with Crippen LogP contribution in [0, 0.1) is 0 Å². The second-order valence-electron chi connectivity index (χ2n) is 4.91. The highest BCUT2D eigenvalue weighted by Gasteiger charge is 2.18. The van der Waals surface area contributed by atoms with Gasteiger partial charge in [-0.2, -0.15) is 0 Å². The molecule has 0 aliphatic heterocycles. The molecule has 1 aromatic carbocycles. The van der Waals surface area contributed by atoms with E-state index in [4.69, 9.17) is 19.2 Å². The fourth-order valence-electron chi connectivity index (χ4n) is 2.63. The van der Waals surface area contributed by atoms with Crippen LogP contribution in [0.2, 0.25) is 0 Å². The summed E-state index contributed by atoms with van der Waals surface area (Å²) in [6.45, 7) is 4.32. The zero-order valence-corrected chi connectivity index (χ0v) is 13.4. The van der Waals surface area contributed by atoms with Gasteiger partial charge < -0.3 is 14.2 Å². The maximum absolute atomic E-state index is 5.55. The second kappa shape index (κ2) is 6.66. The number of methoxy groups -OCH3 is 3. The van der Waals surface area contributed by atoms with E-state index in [1.165, 1.54) is 5.56 Å². The van der Waals surface area contributed by atoms with Gasteiger partial charge in [0.05, 0.1) is 26.8 Å². The molecule has 0 saturated carbocycles. The summed E-state index contributed by atoms with van der Waals surface area (Å²) in [5.74, 6) is 1.93. The Hall–Kier alpha value is -1.97. The van der Waals surface area contributed by atoms with Gasteiger partial charge in [-0.3, -0.25) is 4.98 Å². The van der Waals surface area contributed by atoms with E-state index in [1.54, 1.807) is 21.3 Å². The molecule has 0 N–H and O–H groups in total. The Bertz CT molecular complexity index is 638. The summed E-state index contributed by atoms with van der Waals surface area (Å²) in [6.07, 6.45) is 3.02. The molecular weight excluding hydrogens is 266 g/mol. The molecule has 4 nitrogen and oxygen atoms in total. The van der Waals surface area contributed by atoms with Crippen molar-refractivity contribution in [3.8, 4) is 17.2 Å². The van der Waals surface area contributed by atoms with Crippen LogP contribution >= 0.6 is 0 Å². The van der Waals surface area contributed by atoms with Crippen molar-refractivity contribution in [2.45, 2.75) is 33.1 Å². The molecule has 1 heterocycles. The second-order valence-corrected chi connectivity index (χ2v) is 4.91. The predicted octanol–water partition coefficient (Wildman–Crippen LogP) is 3.78. The molecule has 0 radical (unpaired) electrons. The zero-order chi connectivity index (χ0) is 15.4. The molecule has 0 aliphatic rings. The first kappa shape index (κ1) is 15.4. The smallest absolute Gasteiger partial charge is 0.204 e. The van der Waals surface area contributed by atoms with E-state index in [0.29, 0.717) is 17.2 Å². The molecule has 0 spiro atoms. The highest BCUT2D eigenvalue weighted by atomic mass is 16.5. The van der Waals surface area contributed by atoms with Crippen molar-refractivity contribution in [3.05, 3.63) is 23.4 Å². The van der Waals surface area contributed by atoms with Crippen molar-refractivity contribution in [1.82, 2.24) is 4.98 Å². The number of hydrogen-bond donors (Lipinski definition) is 0. The van der Waals surface area contributed by atoms with Crippen LogP contribution in [0.15, 0.2) is 12.1 Å². The lowest BCUT2D eigenvalue weighted by molar-refractivity contribution is 0.327. The Kier molecular flexibility index (Phi) is 4.89. The van der Waals surface area contributed by atoms with Crippen molar-refractivity contribution in [3.63, 3.8) is 0 Å². The number of fused-ring (bicyclic) bond motifs is 1. The zero-order valence-electron chi connectivity index (χ0n) is 13.4. The molecule has 4 heteroatoms. The number of pyridine rings is 1. The first-order valence-corrected chi connectivity index (χ1v) is 7.31. The number of aryl methyl sites for hydroxylation is 2. The summed E-state index contributed by atoms with van der Waals surface area (Å²) >= 11 is 0. The van der Waals surface area contributed by atoms with Crippen LogP contribution in [0.25, 0.3) is 10.9 Å². The average Bonchev–Trinajstić information content (AvgIpc) is 2.52. The number of rotatable bonds is 6. The van der Waals surface area contributed by atoms with Crippen LogP contribution in [0.4, 0.5) is 0 Å². The molecule has 0 bridgehead atoms. The predicted molar refractivity (Wildman–Crippen MR) is 84.8 cm³/mol. The fourth-order valence-corrected chi connectivity index (χ4v) is 2.63. The Balaban J connectivity index is 2.79. The number of aromatic nitrogens is 1. The molecule has 0 unspecified atom stereocenters. The van der Waals surface area contributed by atoms with Crippen molar-refractivity contribution >= 4 is 10.9 Å². The minimum Gasteiger partial charge on any atom is -0.493 e. The van der Waals surface area contributed by atoms with Crippen LogP contribution in [0.1, 0.15) is 31.5 Å². The monoisotopic (exact) mass is 289 g/mol. The van der Waals surface area contributed by atoms with Crippen LogP contribution in [0.3, 0.4) is 0 Å². The number of benzene rings is 1.